The maximum absolute atomic E-state index is 12.6. The van der Waals surface area contributed by atoms with Crippen molar-refractivity contribution in [1.82, 2.24) is 4.98 Å². The second-order valence-corrected chi connectivity index (χ2v) is 7.97. The number of anilines is 1. The fourth-order valence-electron chi connectivity index (χ4n) is 1.70. The Morgan fingerprint density at radius 3 is 2.60 bits per heavy atom. The molecule has 0 aliphatic rings. The fourth-order valence-corrected chi connectivity index (χ4v) is 4.57. The van der Waals surface area contributed by atoms with Gasteiger partial charge >= 0.3 is 14.6 Å². The highest BCUT2D eigenvalue weighted by molar-refractivity contribution is 7.54. The van der Waals surface area contributed by atoms with Crippen molar-refractivity contribution in [2.75, 3.05) is 18.4 Å². The summed E-state index contributed by atoms with van der Waals surface area (Å²) in [6, 6.07) is 0. The number of nitrogens with zero attached hydrogens (tertiary/aromatic N) is 1. The maximum atomic E-state index is 12.6. The lowest BCUT2D eigenvalue weighted by Gasteiger charge is -2.22. The van der Waals surface area contributed by atoms with E-state index in [4.69, 9.17) is 9.05 Å². The van der Waals surface area contributed by atoms with Crippen LogP contribution in [0.2, 0.25) is 6.82 Å². The van der Waals surface area contributed by atoms with Crippen LogP contribution in [0.4, 0.5) is 5.13 Å². The van der Waals surface area contributed by atoms with Gasteiger partial charge in [-0.3, -0.25) is 4.57 Å². The van der Waals surface area contributed by atoms with E-state index >= 15 is 0 Å². The van der Waals surface area contributed by atoms with E-state index in [1.54, 1.807) is 26.9 Å². The zero-order chi connectivity index (χ0) is 15.2. The molecule has 0 saturated carbocycles. The van der Waals surface area contributed by atoms with Crippen LogP contribution in [0.15, 0.2) is 6.20 Å². The van der Waals surface area contributed by atoms with Crippen molar-refractivity contribution < 1.29 is 18.6 Å². The summed E-state index contributed by atoms with van der Waals surface area (Å²) < 4.78 is 23.3. The lowest BCUT2D eigenvalue weighted by Crippen LogP contribution is -2.18. The number of hydrogen-bond donors (Lipinski definition) is 2. The molecule has 0 radical (unpaired) electrons. The molecule has 0 amide bonds. The summed E-state index contributed by atoms with van der Waals surface area (Å²) >= 11 is 1.43. The molecule has 0 saturated heterocycles. The minimum atomic E-state index is -3.09. The molecule has 0 spiro atoms. The van der Waals surface area contributed by atoms with Crippen molar-refractivity contribution in [1.29, 1.82) is 0 Å². The smallest absolute Gasteiger partial charge is 0.408 e. The van der Waals surface area contributed by atoms with E-state index in [1.807, 2.05) is 6.92 Å². The van der Waals surface area contributed by atoms with Crippen molar-refractivity contribution in [2.24, 2.45) is 0 Å². The van der Waals surface area contributed by atoms with E-state index in [-0.39, 0.29) is 5.66 Å². The summed E-state index contributed by atoms with van der Waals surface area (Å²) in [7, 11) is -3.73. The first-order valence-corrected chi connectivity index (χ1v) is 9.12. The molecule has 1 aromatic heterocycles. The normalized spacial score (nSPS) is 13.2. The van der Waals surface area contributed by atoms with Gasteiger partial charge < -0.3 is 19.3 Å². The van der Waals surface area contributed by atoms with Crippen molar-refractivity contribution in [3.63, 3.8) is 0 Å². The summed E-state index contributed by atoms with van der Waals surface area (Å²) in [5.41, 5.74) is -0.234. The molecular formula is C11H22BN2O4PS. The Hall–Kier alpha value is -0.395. The molecular weight excluding hydrogens is 298 g/mol. The molecule has 6 nitrogen and oxygen atoms in total. The molecule has 1 atom stereocenters. The Kier molecular flexibility index (Phi) is 7.19. The summed E-state index contributed by atoms with van der Waals surface area (Å²) in [6.45, 7) is 7.81. The zero-order valence-corrected chi connectivity index (χ0v) is 14.0. The summed E-state index contributed by atoms with van der Waals surface area (Å²) in [6.07, 6.45) is 2.28. The third kappa shape index (κ3) is 5.18. The molecule has 1 heterocycles. The van der Waals surface area contributed by atoms with Crippen LogP contribution in [0.3, 0.4) is 0 Å². The molecule has 114 valence electrons. The standard InChI is InChI=1S/C11H22BN2O4PS/c1-5-17-19(16,18-6-2)9(3)7-10-8-13-11(20-10)14-12(4)15/h8-9,15H,5-7H2,1-4H3,(H,13,14). The summed E-state index contributed by atoms with van der Waals surface area (Å²) in [5.74, 6) is 0. The Morgan fingerprint density at radius 2 is 2.10 bits per heavy atom. The van der Waals surface area contributed by atoms with Crippen molar-refractivity contribution >= 4 is 31.1 Å². The Labute approximate surface area is 124 Å². The molecule has 9 heteroatoms. The molecule has 0 aliphatic heterocycles. The average molecular weight is 320 g/mol. The molecule has 0 fully saturated rings. The van der Waals surface area contributed by atoms with Crippen LogP contribution in [0.5, 0.6) is 0 Å². The van der Waals surface area contributed by atoms with Gasteiger partial charge in [0.2, 0.25) is 0 Å². The summed E-state index contributed by atoms with van der Waals surface area (Å²) in [5, 5.41) is 12.7. The predicted molar refractivity (Wildman–Crippen MR) is 83.6 cm³/mol. The first kappa shape index (κ1) is 17.7. The SMILES string of the molecule is CCOP(=O)(OCC)C(C)Cc1cnc(NB(C)O)s1. The number of thiazole rings is 1. The molecule has 1 aromatic rings. The van der Waals surface area contributed by atoms with Crippen molar-refractivity contribution in [3.8, 4) is 0 Å². The van der Waals surface area contributed by atoms with Gasteiger partial charge in [-0.05, 0) is 27.1 Å². The molecule has 0 aromatic carbocycles. The number of aromatic nitrogens is 1. The molecule has 0 aliphatic carbocycles. The number of rotatable bonds is 9. The number of hydrogen-bond acceptors (Lipinski definition) is 7. The monoisotopic (exact) mass is 320 g/mol. The van der Waals surface area contributed by atoms with E-state index in [9.17, 15) is 9.59 Å². The van der Waals surface area contributed by atoms with Gasteiger partial charge in [-0.1, -0.05) is 6.92 Å². The topological polar surface area (TPSA) is 80.7 Å². The average Bonchev–Trinajstić information content (AvgIpc) is 2.76. The minimum Gasteiger partial charge on any atom is -0.433 e. The van der Waals surface area contributed by atoms with Gasteiger partial charge in [0.1, 0.15) is 0 Å². The van der Waals surface area contributed by atoms with Gasteiger partial charge in [0.15, 0.2) is 5.13 Å². The highest BCUT2D eigenvalue weighted by Crippen LogP contribution is 2.54. The van der Waals surface area contributed by atoms with E-state index in [0.29, 0.717) is 24.8 Å². The fraction of sp³-hybridized carbons (Fsp3) is 0.727. The first-order chi connectivity index (χ1) is 9.41. The highest BCUT2D eigenvalue weighted by Gasteiger charge is 2.32. The van der Waals surface area contributed by atoms with Crippen molar-refractivity contribution in [2.45, 2.75) is 39.7 Å². The lowest BCUT2D eigenvalue weighted by molar-refractivity contribution is 0.213. The van der Waals surface area contributed by atoms with Gasteiger partial charge in [-0.25, -0.2) is 4.98 Å². The van der Waals surface area contributed by atoms with Crippen LogP contribution in [-0.4, -0.2) is 35.9 Å². The van der Waals surface area contributed by atoms with Gasteiger partial charge in [-0.15, -0.1) is 11.3 Å². The minimum absolute atomic E-state index is 0.234. The Balaban J connectivity index is 2.70. The quantitative estimate of drug-likeness (QED) is 0.538. The van der Waals surface area contributed by atoms with Gasteiger partial charge in [0.25, 0.3) is 0 Å². The van der Waals surface area contributed by atoms with Gasteiger partial charge in [0, 0.05) is 11.1 Å². The Bertz CT molecular complexity index is 447. The van der Waals surface area contributed by atoms with E-state index < -0.39 is 14.6 Å². The van der Waals surface area contributed by atoms with Crippen LogP contribution in [0.1, 0.15) is 25.6 Å². The first-order valence-electron chi connectivity index (χ1n) is 6.69. The maximum Gasteiger partial charge on any atom is 0.408 e. The van der Waals surface area contributed by atoms with Gasteiger partial charge in [-0.2, -0.15) is 0 Å². The van der Waals surface area contributed by atoms with E-state index in [2.05, 4.69) is 10.2 Å². The highest BCUT2D eigenvalue weighted by atomic mass is 32.1. The number of nitrogens with one attached hydrogen (secondary N) is 1. The van der Waals surface area contributed by atoms with Crippen LogP contribution in [0, 0.1) is 0 Å². The third-order valence-corrected chi connectivity index (χ3v) is 5.99. The van der Waals surface area contributed by atoms with Crippen LogP contribution in [0.25, 0.3) is 0 Å². The van der Waals surface area contributed by atoms with E-state index in [0.717, 1.165) is 4.88 Å². The molecule has 0 bridgehead atoms. The molecule has 2 N–H and O–H groups in total. The largest absolute Gasteiger partial charge is 0.433 e. The third-order valence-electron chi connectivity index (χ3n) is 2.54. The van der Waals surface area contributed by atoms with Crippen LogP contribution < -0.4 is 5.23 Å². The zero-order valence-electron chi connectivity index (χ0n) is 12.3. The molecule has 20 heavy (non-hydrogen) atoms. The van der Waals surface area contributed by atoms with Crippen molar-refractivity contribution in [3.05, 3.63) is 11.1 Å². The second kappa shape index (κ2) is 8.15. The van der Waals surface area contributed by atoms with Crippen LogP contribution in [-0.2, 0) is 20.0 Å². The lowest BCUT2D eigenvalue weighted by atomic mass is 9.90. The predicted octanol–water partition coefficient (Wildman–Crippen LogP) is 2.86. The Morgan fingerprint density at radius 1 is 1.50 bits per heavy atom. The molecule has 1 rings (SSSR count). The van der Waals surface area contributed by atoms with E-state index in [1.165, 1.54) is 11.3 Å². The van der Waals surface area contributed by atoms with Crippen LogP contribution >= 0.6 is 18.9 Å². The second-order valence-electron chi connectivity index (χ2n) is 4.38. The van der Waals surface area contributed by atoms with Gasteiger partial charge in [0.05, 0.1) is 18.9 Å². The molecule has 1 unspecified atom stereocenters. The summed E-state index contributed by atoms with van der Waals surface area (Å²) in [4.78, 5) is 5.13.